The lowest BCUT2D eigenvalue weighted by atomic mass is 9.94. The SMILES string of the molecule is Cc1csc2c1C(CN)CCCC2. The molecule has 2 rings (SSSR count). The summed E-state index contributed by atoms with van der Waals surface area (Å²) in [4.78, 5) is 1.60. The normalized spacial score (nSPS) is 22.5. The maximum Gasteiger partial charge on any atom is 0.00832 e. The molecule has 0 saturated carbocycles. The zero-order valence-corrected chi connectivity index (χ0v) is 8.99. The van der Waals surface area contributed by atoms with Crippen LogP contribution < -0.4 is 5.73 Å². The zero-order chi connectivity index (χ0) is 9.26. The number of hydrogen-bond donors (Lipinski definition) is 1. The fraction of sp³-hybridized carbons (Fsp3) is 0.636. The van der Waals surface area contributed by atoms with E-state index >= 15 is 0 Å². The van der Waals surface area contributed by atoms with Gasteiger partial charge in [0.1, 0.15) is 0 Å². The molecule has 0 bridgehead atoms. The van der Waals surface area contributed by atoms with E-state index in [0.717, 1.165) is 6.54 Å². The molecule has 0 spiro atoms. The smallest absolute Gasteiger partial charge is 0.00832 e. The molecule has 72 valence electrons. The number of rotatable bonds is 1. The first-order valence-electron chi connectivity index (χ1n) is 5.10. The van der Waals surface area contributed by atoms with Crippen molar-refractivity contribution >= 4 is 11.3 Å². The third-order valence-corrected chi connectivity index (χ3v) is 4.18. The van der Waals surface area contributed by atoms with Gasteiger partial charge in [0.15, 0.2) is 0 Å². The molecule has 0 amide bonds. The molecule has 0 aromatic carbocycles. The van der Waals surface area contributed by atoms with Crippen LogP contribution in [0.3, 0.4) is 0 Å². The Hall–Kier alpha value is -0.340. The van der Waals surface area contributed by atoms with E-state index in [4.69, 9.17) is 5.73 Å². The quantitative estimate of drug-likeness (QED) is 0.685. The van der Waals surface area contributed by atoms with Gasteiger partial charge in [-0.05, 0) is 55.2 Å². The fourth-order valence-electron chi connectivity index (χ4n) is 2.31. The van der Waals surface area contributed by atoms with Gasteiger partial charge < -0.3 is 5.73 Å². The molecule has 2 N–H and O–H groups in total. The molecule has 2 heteroatoms. The van der Waals surface area contributed by atoms with Crippen LogP contribution in [0.15, 0.2) is 5.38 Å². The van der Waals surface area contributed by atoms with Crippen molar-refractivity contribution in [3.8, 4) is 0 Å². The fourth-order valence-corrected chi connectivity index (χ4v) is 3.47. The van der Waals surface area contributed by atoms with Crippen LogP contribution in [0.2, 0.25) is 0 Å². The minimum absolute atomic E-state index is 0.642. The molecule has 0 saturated heterocycles. The summed E-state index contributed by atoms with van der Waals surface area (Å²) in [5.41, 5.74) is 8.88. The molecule has 13 heavy (non-hydrogen) atoms. The second-order valence-corrected chi connectivity index (χ2v) is 4.90. The first-order chi connectivity index (χ1) is 6.33. The van der Waals surface area contributed by atoms with E-state index in [0.29, 0.717) is 5.92 Å². The van der Waals surface area contributed by atoms with Gasteiger partial charge >= 0.3 is 0 Å². The molecule has 0 fully saturated rings. The molecule has 1 aliphatic rings. The largest absolute Gasteiger partial charge is 0.330 e. The van der Waals surface area contributed by atoms with E-state index in [1.165, 1.54) is 31.2 Å². The Kier molecular flexibility index (Phi) is 2.70. The lowest BCUT2D eigenvalue weighted by Gasteiger charge is -2.13. The number of thiophene rings is 1. The van der Waals surface area contributed by atoms with E-state index in [1.54, 1.807) is 10.4 Å². The van der Waals surface area contributed by atoms with Gasteiger partial charge in [0.25, 0.3) is 0 Å². The lowest BCUT2D eigenvalue weighted by Crippen LogP contribution is -2.12. The lowest BCUT2D eigenvalue weighted by molar-refractivity contribution is 0.601. The molecular formula is C11H17NS. The summed E-state index contributed by atoms with van der Waals surface area (Å²) in [7, 11) is 0. The van der Waals surface area contributed by atoms with Crippen LogP contribution in [-0.2, 0) is 6.42 Å². The average molecular weight is 195 g/mol. The van der Waals surface area contributed by atoms with Crippen molar-refractivity contribution in [2.24, 2.45) is 5.73 Å². The van der Waals surface area contributed by atoms with Gasteiger partial charge in [0.05, 0.1) is 0 Å². The van der Waals surface area contributed by atoms with E-state index < -0.39 is 0 Å². The topological polar surface area (TPSA) is 26.0 Å². The van der Waals surface area contributed by atoms with Gasteiger partial charge in [-0.1, -0.05) is 6.42 Å². The van der Waals surface area contributed by atoms with Gasteiger partial charge in [-0.15, -0.1) is 11.3 Å². The molecule has 1 heterocycles. The Morgan fingerprint density at radius 2 is 2.38 bits per heavy atom. The Labute approximate surface area is 84.0 Å². The Morgan fingerprint density at radius 1 is 1.54 bits per heavy atom. The maximum absolute atomic E-state index is 5.82. The molecule has 1 aliphatic carbocycles. The van der Waals surface area contributed by atoms with Crippen LogP contribution in [0.5, 0.6) is 0 Å². The first-order valence-corrected chi connectivity index (χ1v) is 5.98. The minimum atomic E-state index is 0.642. The number of aryl methyl sites for hydroxylation is 2. The standard InChI is InChI=1S/C11H17NS/c1-8-7-13-10-5-3-2-4-9(6-12)11(8)10/h7,9H,2-6,12H2,1H3. The van der Waals surface area contributed by atoms with E-state index in [1.807, 2.05) is 11.3 Å². The number of nitrogens with two attached hydrogens (primary N) is 1. The molecule has 1 nitrogen and oxygen atoms in total. The number of hydrogen-bond acceptors (Lipinski definition) is 2. The van der Waals surface area contributed by atoms with Crippen molar-refractivity contribution in [3.63, 3.8) is 0 Å². The van der Waals surface area contributed by atoms with Gasteiger partial charge in [0.2, 0.25) is 0 Å². The highest BCUT2D eigenvalue weighted by atomic mass is 32.1. The highest BCUT2D eigenvalue weighted by molar-refractivity contribution is 7.10. The van der Waals surface area contributed by atoms with Crippen molar-refractivity contribution in [1.82, 2.24) is 0 Å². The Bertz CT molecular complexity index is 290. The summed E-state index contributed by atoms with van der Waals surface area (Å²) < 4.78 is 0. The highest BCUT2D eigenvalue weighted by Crippen LogP contribution is 2.35. The van der Waals surface area contributed by atoms with Gasteiger partial charge in [-0.25, -0.2) is 0 Å². The van der Waals surface area contributed by atoms with E-state index in [9.17, 15) is 0 Å². The predicted octanol–water partition coefficient (Wildman–Crippen LogP) is 2.83. The summed E-state index contributed by atoms with van der Waals surface area (Å²) in [6, 6.07) is 0. The molecule has 1 atom stereocenters. The molecular weight excluding hydrogens is 178 g/mol. The van der Waals surface area contributed by atoms with E-state index in [2.05, 4.69) is 12.3 Å². The third-order valence-electron chi connectivity index (χ3n) is 3.00. The van der Waals surface area contributed by atoms with Gasteiger partial charge in [-0.3, -0.25) is 0 Å². The van der Waals surface area contributed by atoms with Gasteiger partial charge in [0, 0.05) is 4.88 Å². The molecule has 1 aromatic rings. The maximum atomic E-state index is 5.82. The van der Waals surface area contributed by atoms with Crippen LogP contribution >= 0.6 is 11.3 Å². The highest BCUT2D eigenvalue weighted by Gasteiger charge is 2.20. The monoisotopic (exact) mass is 195 g/mol. The second-order valence-electron chi connectivity index (χ2n) is 3.93. The van der Waals surface area contributed by atoms with Crippen LogP contribution in [-0.4, -0.2) is 6.54 Å². The predicted molar refractivity (Wildman–Crippen MR) is 58.4 cm³/mol. The van der Waals surface area contributed by atoms with Crippen molar-refractivity contribution in [2.45, 2.75) is 38.5 Å². The van der Waals surface area contributed by atoms with Crippen LogP contribution in [0.25, 0.3) is 0 Å². The van der Waals surface area contributed by atoms with Crippen molar-refractivity contribution in [3.05, 3.63) is 21.4 Å². The van der Waals surface area contributed by atoms with Crippen molar-refractivity contribution in [1.29, 1.82) is 0 Å². The first kappa shape index (κ1) is 9.22. The zero-order valence-electron chi connectivity index (χ0n) is 8.18. The Morgan fingerprint density at radius 3 is 3.15 bits per heavy atom. The van der Waals surface area contributed by atoms with Crippen LogP contribution in [0.4, 0.5) is 0 Å². The van der Waals surface area contributed by atoms with Crippen molar-refractivity contribution in [2.75, 3.05) is 6.54 Å². The molecule has 1 unspecified atom stereocenters. The third kappa shape index (κ3) is 1.65. The summed E-state index contributed by atoms with van der Waals surface area (Å²) >= 11 is 1.93. The van der Waals surface area contributed by atoms with Gasteiger partial charge in [-0.2, -0.15) is 0 Å². The molecule has 1 aromatic heterocycles. The summed E-state index contributed by atoms with van der Waals surface area (Å²) in [5.74, 6) is 0.642. The molecule has 0 aliphatic heterocycles. The van der Waals surface area contributed by atoms with Crippen LogP contribution in [0.1, 0.15) is 41.2 Å². The Balaban J connectivity index is 2.38. The number of fused-ring (bicyclic) bond motifs is 1. The summed E-state index contributed by atoms with van der Waals surface area (Å²) in [6.07, 6.45) is 5.28. The van der Waals surface area contributed by atoms with Crippen molar-refractivity contribution < 1.29 is 0 Å². The summed E-state index contributed by atoms with van der Waals surface area (Å²) in [6.45, 7) is 3.05. The van der Waals surface area contributed by atoms with Crippen LogP contribution in [0, 0.1) is 6.92 Å². The summed E-state index contributed by atoms with van der Waals surface area (Å²) in [5, 5.41) is 2.29. The second kappa shape index (κ2) is 3.81. The average Bonchev–Trinajstić information content (AvgIpc) is 2.39. The molecule has 0 radical (unpaired) electrons. The minimum Gasteiger partial charge on any atom is -0.330 e. The van der Waals surface area contributed by atoms with E-state index in [-0.39, 0.29) is 0 Å².